The number of likely N-dealkylation sites (N-methyl/N-ethyl adjacent to an activating group) is 1. The van der Waals surface area contributed by atoms with E-state index in [4.69, 9.17) is 0 Å². The fourth-order valence-electron chi connectivity index (χ4n) is 5.33. The van der Waals surface area contributed by atoms with E-state index in [0.717, 1.165) is 28.5 Å². The lowest BCUT2D eigenvalue weighted by Gasteiger charge is -2.29. The highest BCUT2D eigenvalue weighted by atomic mass is 32.2. The summed E-state index contributed by atoms with van der Waals surface area (Å²) < 4.78 is 27.2. The molecule has 0 aromatic heterocycles. The third-order valence-corrected chi connectivity index (χ3v) is 8.57. The fourth-order valence-corrected chi connectivity index (χ4v) is 6.86. The lowest BCUT2D eigenvalue weighted by molar-refractivity contribution is -0.122. The standard InChI is InChI=1S/C21H32N2O3S/c1-13-8-14(2)21(15(3)9-13)27(25,26)23(5)12-20(24)22-16(4)19-11-17-6-7-18(19)10-17/h8-9,16-19H,6-7,10-12H2,1-5H3,(H,22,24). The number of benzene rings is 1. The lowest BCUT2D eigenvalue weighted by Crippen LogP contribution is -2.45. The molecular formula is C21H32N2O3S. The van der Waals surface area contributed by atoms with Crippen molar-refractivity contribution in [2.75, 3.05) is 13.6 Å². The summed E-state index contributed by atoms with van der Waals surface area (Å²) in [7, 11) is -2.22. The summed E-state index contributed by atoms with van der Waals surface area (Å²) in [6.45, 7) is 7.47. The average Bonchev–Trinajstić information content (AvgIpc) is 3.16. The second kappa shape index (κ2) is 7.55. The van der Waals surface area contributed by atoms with Crippen molar-refractivity contribution in [1.29, 1.82) is 0 Å². The highest BCUT2D eigenvalue weighted by Gasteiger charge is 2.42. The molecular weight excluding hydrogens is 360 g/mol. The van der Waals surface area contributed by atoms with E-state index in [0.29, 0.717) is 10.8 Å². The molecule has 0 aliphatic heterocycles. The Hall–Kier alpha value is -1.40. The minimum Gasteiger partial charge on any atom is -0.352 e. The van der Waals surface area contributed by atoms with Crippen LogP contribution in [0.15, 0.2) is 17.0 Å². The van der Waals surface area contributed by atoms with Crippen LogP contribution in [-0.4, -0.2) is 38.3 Å². The van der Waals surface area contributed by atoms with Gasteiger partial charge >= 0.3 is 0 Å². The first kappa shape index (κ1) is 20.3. The van der Waals surface area contributed by atoms with Crippen molar-refractivity contribution >= 4 is 15.9 Å². The number of carbonyl (C=O) groups is 1. The molecule has 2 saturated carbocycles. The minimum atomic E-state index is -3.70. The number of hydrogen-bond donors (Lipinski definition) is 1. The number of fused-ring (bicyclic) bond motifs is 2. The summed E-state index contributed by atoms with van der Waals surface area (Å²) in [6.07, 6.45) is 5.10. The number of nitrogens with one attached hydrogen (secondary N) is 1. The number of nitrogens with zero attached hydrogens (tertiary/aromatic N) is 1. The summed E-state index contributed by atoms with van der Waals surface area (Å²) in [5.74, 6) is 1.87. The molecule has 0 saturated heterocycles. The summed E-state index contributed by atoms with van der Waals surface area (Å²) in [5, 5.41) is 3.05. The number of rotatable bonds is 6. The maximum atomic E-state index is 13.0. The van der Waals surface area contributed by atoms with Crippen molar-refractivity contribution in [3.63, 3.8) is 0 Å². The van der Waals surface area contributed by atoms with Crippen molar-refractivity contribution in [3.8, 4) is 0 Å². The van der Waals surface area contributed by atoms with Gasteiger partial charge in [0, 0.05) is 13.1 Å². The van der Waals surface area contributed by atoms with E-state index < -0.39 is 10.0 Å². The molecule has 1 aromatic rings. The van der Waals surface area contributed by atoms with Crippen LogP contribution in [0.1, 0.15) is 49.3 Å². The smallest absolute Gasteiger partial charge is 0.243 e. The van der Waals surface area contributed by atoms with Crippen LogP contribution in [0.2, 0.25) is 0 Å². The second-order valence-corrected chi connectivity index (χ2v) is 10.7. The van der Waals surface area contributed by atoms with Crippen LogP contribution in [0.4, 0.5) is 0 Å². The maximum absolute atomic E-state index is 13.0. The molecule has 2 aliphatic carbocycles. The van der Waals surface area contributed by atoms with Gasteiger partial charge in [-0.25, -0.2) is 8.42 Å². The van der Waals surface area contributed by atoms with Gasteiger partial charge in [-0.3, -0.25) is 4.79 Å². The molecule has 6 heteroatoms. The van der Waals surface area contributed by atoms with Crippen molar-refractivity contribution in [2.24, 2.45) is 17.8 Å². The van der Waals surface area contributed by atoms with Gasteiger partial charge in [-0.15, -0.1) is 0 Å². The van der Waals surface area contributed by atoms with Crippen molar-refractivity contribution in [3.05, 3.63) is 28.8 Å². The zero-order valence-electron chi connectivity index (χ0n) is 17.1. The summed E-state index contributed by atoms with van der Waals surface area (Å²) in [6, 6.07) is 3.84. The van der Waals surface area contributed by atoms with Gasteiger partial charge in [-0.05, 0) is 75.8 Å². The first-order chi connectivity index (χ1) is 12.6. The van der Waals surface area contributed by atoms with Crippen LogP contribution in [0.3, 0.4) is 0 Å². The Balaban J connectivity index is 1.65. The molecule has 4 unspecified atom stereocenters. The van der Waals surface area contributed by atoms with Crippen LogP contribution in [0.25, 0.3) is 0 Å². The largest absolute Gasteiger partial charge is 0.352 e. The van der Waals surface area contributed by atoms with Crippen LogP contribution < -0.4 is 5.32 Å². The van der Waals surface area contributed by atoms with Crippen LogP contribution in [0, 0.1) is 38.5 Å². The van der Waals surface area contributed by atoms with Crippen LogP contribution in [-0.2, 0) is 14.8 Å². The van der Waals surface area contributed by atoms with Crippen LogP contribution >= 0.6 is 0 Å². The number of hydrogen-bond acceptors (Lipinski definition) is 3. The molecule has 2 aliphatic rings. The molecule has 1 aromatic carbocycles. The fraction of sp³-hybridized carbons (Fsp3) is 0.667. The monoisotopic (exact) mass is 392 g/mol. The van der Waals surface area contributed by atoms with Gasteiger partial charge in [0.2, 0.25) is 15.9 Å². The maximum Gasteiger partial charge on any atom is 0.243 e. The second-order valence-electron chi connectivity index (χ2n) is 8.68. The van der Waals surface area contributed by atoms with E-state index >= 15 is 0 Å². The van der Waals surface area contributed by atoms with E-state index in [1.54, 1.807) is 13.8 Å². The van der Waals surface area contributed by atoms with E-state index in [1.165, 1.54) is 37.0 Å². The van der Waals surface area contributed by atoms with E-state index in [1.807, 2.05) is 19.1 Å². The highest BCUT2D eigenvalue weighted by molar-refractivity contribution is 7.89. The average molecular weight is 393 g/mol. The molecule has 1 amide bonds. The SMILES string of the molecule is Cc1cc(C)c(S(=O)(=O)N(C)CC(=O)NC(C)C2CC3CCC2C3)c(C)c1. The van der Waals surface area contributed by atoms with Gasteiger partial charge < -0.3 is 5.32 Å². The Bertz CT molecular complexity index is 811. The Morgan fingerprint density at radius 1 is 1.19 bits per heavy atom. The number of sulfonamides is 1. The van der Waals surface area contributed by atoms with Crippen molar-refractivity contribution < 1.29 is 13.2 Å². The Kier molecular flexibility index (Phi) is 5.69. The molecule has 0 radical (unpaired) electrons. The van der Waals surface area contributed by atoms with Crippen LogP contribution in [0.5, 0.6) is 0 Å². The van der Waals surface area contributed by atoms with E-state index in [9.17, 15) is 13.2 Å². The molecule has 1 N–H and O–H groups in total. The summed E-state index contributed by atoms with van der Waals surface area (Å²) in [5.41, 5.74) is 2.47. The Morgan fingerprint density at radius 2 is 1.81 bits per heavy atom. The van der Waals surface area contributed by atoms with E-state index in [2.05, 4.69) is 12.2 Å². The summed E-state index contributed by atoms with van der Waals surface area (Å²) in [4.78, 5) is 12.8. The van der Waals surface area contributed by atoms with Gasteiger partial charge in [-0.2, -0.15) is 4.31 Å². The van der Waals surface area contributed by atoms with Gasteiger partial charge in [0.05, 0.1) is 11.4 Å². The zero-order valence-corrected chi connectivity index (χ0v) is 17.9. The van der Waals surface area contributed by atoms with E-state index in [-0.39, 0.29) is 18.5 Å². The Morgan fingerprint density at radius 3 is 2.33 bits per heavy atom. The molecule has 3 rings (SSSR count). The van der Waals surface area contributed by atoms with Gasteiger partial charge in [0.15, 0.2) is 0 Å². The predicted molar refractivity (Wildman–Crippen MR) is 107 cm³/mol. The Labute approximate surface area is 163 Å². The number of aryl methyl sites for hydroxylation is 3. The quantitative estimate of drug-likeness (QED) is 0.809. The van der Waals surface area contributed by atoms with Gasteiger partial charge in [0.1, 0.15) is 0 Å². The molecule has 5 nitrogen and oxygen atoms in total. The van der Waals surface area contributed by atoms with Crippen molar-refractivity contribution in [1.82, 2.24) is 9.62 Å². The third kappa shape index (κ3) is 4.06. The highest BCUT2D eigenvalue weighted by Crippen LogP contribution is 2.49. The zero-order chi connectivity index (χ0) is 19.9. The summed E-state index contributed by atoms with van der Waals surface area (Å²) >= 11 is 0. The molecule has 150 valence electrons. The molecule has 0 heterocycles. The first-order valence-corrected chi connectivity index (χ1v) is 11.4. The molecule has 27 heavy (non-hydrogen) atoms. The molecule has 0 spiro atoms. The number of carbonyl (C=O) groups excluding carboxylic acids is 1. The molecule has 2 fully saturated rings. The lowest BCUT2D eigenvalue weighted by atomic mass is 9.84. The molecule has 4 atom stereocenters. The normalized spacial score (nSPS) is 25.8. The topological polar surface area (TPSA) is 66.5 Å². The number of amides is 1. The van der Waals surface area contributed by atoms with Crippen molar-refractivity contribution in [2.45, 2.75) is 64.3 Å². The van der Waals surface area contributed by atoms with Gasteiger partial charge in [-0.1, -0.05) is 24.1 Å². The molecule has 2 bridgehead atoms. The first-order valence-electron chi connectivity index (χ1n) is 9.93. The third-order valence-electron chi connectivity index (χ3n) is 6.46. The van der Waals surface area contributed by atoms with Gasteiger partial charge in [0.25, 0.3) is 0 Å². The minimum absolute atomic E-state index is 0.103. The predicted octanol–water partition coefficient (Wildman–Crippen LogP) is 3.17.